The van der Waals surface area contributed by atoms with Gasteiger partial charge in [0.05, 0.1) is 0 Å². The second kappa shape index (κ2) is 8.33. The van der Waals surface area contributed by atoms with Crippen LogP contribution in [0, 0.1) is 11.8 Å². The lowest BCUT2D eigenvalue weighted by atomic mass is 9.99. The third-order valence-corrected chi connectivity index (χ3v) is 5.24. The Kier molecular flexibility index (Phi) is 5.46. The summed E-state index contributed by atoms with van der Waals surface area (Å²) in [4.78, 5) is 0. The highest BCUT2D eigenvalue weighted by Gasteiger charge is 2.06. The summed E-state index contributed by atoms with van der Waals surface area (Å²) in [5, 5.41) is 12.5. The average Bonchev–Trinajstić information content (AvgIpc) is 2.71. The maximum atomic E-state index is 10.4. The molecule has 0 amide bonds. The topological polar surface area (TPSA) is 20.2 Å². The van der Waals surface area contributed by atoms with E-state index in [1.54, 1.807) is 0 Å². The van der Waals surface area contributed by atoms with Crippen LogP contribution in [-0.2, 0) is 12.8 Å². The van der Waals surface area contributed by atoms with Crippen LogP contribution in [0.25, 0.3) is 10.8 Å². The van der Waals surface area contributed by atoms with Crippen LogP contribution in [0.3, 0.4) is 0 Å². The van der Waals surface area contributed by atoms with Gasteiger partial charge < -0.3 is 5.11 Å². The minimum atomic E-state index is 0.338. The van der Waals surface area contributed by atoms with Crippen molar-refractivity contribution in [3.63, 3.8) is 0 Å². The van der Waals surface area contributed by atoms with Gasteiger partial charge in [0.1, 0.15) is 5.75 Å². The Balaban J connectivity index is 1.58. The van der Waals surface area contributed by atoms with Gasteiger partial charge in [-0.2, -0.15) is 0 Å². The molecule has 0 radical (unpaired) electrons. The molecule has 0 unspecified atom stereocenters. The van der Waals surface area contributed by atoms with E-state index >= 15 is 0 Å². The highest BCUT2D eigenvalue weighted by atomic mass is 79.9. The fraction of sp³-hybridized carbons (Fsp3) is 0.0769. The lowest BCUT2D eigenvalue weighted by Gasteiger charge is -2.08. The summed E-state index contributed by atoms with van der Waals surface area (Å²) < 4.78 is 1.08. The minimum Gasteiger partial charge on any atom is -0.508 e. The summed E-state index contributed by atoms with van der Waals surface area (Å²) in [6.07, 6.45) is 1.43. The SMILES string of the molecule is Oc1cc2ccc(C#CCc3ccc(Br)cc3)cc2cc1Cc1ccccc1. The van der Waals surface area contributed by atoms with Crippen LogP contribution in [0.1, 0.15) is 22.3 Å². The Morgan fingerprint density at radius 2 is 1.54 bits per heavy atom. The molecule has 4 aromatic carbocycles. The van der Waals surface area contributed by atoms with Crippen LogP contribution in [0.15, 0.2) is 89.4 Å². The molecule has 0 heterocycles. The fourth-order valence-corrected chi connectivity index (χ4v) is 3.48. The summed E-state index contributed by atoms with van der Waals surface area (Å²) in [6.45, 7) is 0. The van der Waals surface area contributed by atoms with Gasteiger partial charge in [-0.15, -0.1) is 0 Å². The van der Waals surface area contributed by atoms with Crippen molar-refractivity contribution < 1.29 is 5.11 Å². The van der Waals surface area contributed by atoms with Crippen LogP contribution >= 0.6 is 15.9 Å². The molecule has 0 saturated heterocycles. The molecule has 2 heteroatoms. The quantitative estimate of drug-likeness (QED) is 0.371. The van der Waals surface area contributed by atoms with E-state index in [0.717, 1.165) is 32.8 Å². The Morgan fingerprint density at radius 1 is 0.750 bits per heavy atom. The van der Waals surface area contributed by atoms with E-state index in [1.807, 2.05) is 48.5 Å². The molecule has 28 heavy (non-hydrogen) atoms. The first kappa shape index (κ1) is 18.3. The lowest BCUT2D eigenvalue weighted by Crippen LogP contribution is -1.89. The van der Waals surface area contributed by atoms with Gasteiger partial charge in [0.15, 0.2) is 0 Å². The van der Waals surface area contributed by atoms with Crippen molar-refractivity contribution in [1.82, 2.24) is 0 Å². The lowest BCUT2D eigenvalue weighted by molar-refractivity contribution is 0.470. The number of phenols is 1. The molecular formula is C26H19BrO. The highest BCUT2D eigenvalue weighted by Crippen LogP contribution is 2.27. The van der Waals surface area contributed by atoms with E-state index in [9.17, 15) is 5.11 Å². The zero-order valence-electron chi connectivity index (χ0n) is 15.3. The van der Waals surface area contributed by atoms with Crippen LogP contribution < -0.4 is 0 Å². The normalized spacial score (nSPS) is 10.5. The number of benzene rings is 4. The standard InChI is InChI=1S/C26H19BrO/c27-25-13-10-19(11-14-25)7-4-8-21-9-12-22-18-26(28)24(17-23(22)15-21)16-20-5-2-1-3-6-20/h1-3,5-6,9-15,17-18,28H,7,16H2. The Labute approximate surface area is 173 Å². The molecule has 0 bridgehead atoms. The summed E-state index contributed by atoms with van der Waals surface area (Å²) in [6, 6.07) is 28.5. The van der Waals surface area contributed by atoms with Crippen molar-refractivity contribution >= 4 is 26.7 Å². The molecule has 0 saturated carbocycles. The van der Waals surface area contributed by atoms with Gasteiger partial charge in [0.2, 0.25) is 0 Å². The Bertz CT molecular complexity index is 1170. The maximum absolute atomic E-state index is 10.4. The van der Waals surface area contributed by atoms with Gasteiger partial charge in [-0.1, -0.05) is 76.3 Å². The second-order valence-electron chi connectivity index (χ2n) is 6.81. The van der Waals surface area contributed by atoms with Crippen molar-refractivity contribution in [3.05, 3.63) is 112 Å². The van der Waals surface area contributed by atoms with Crippen LogP contribution in [0.5, 0.6) is 5.75 Å². The van der Waals surface area contributed by atoms with Crippen molar-refractivity contribution in [2.45, 2.75) is 12.8 Å². The molecule has 0 fully saturated rings. The first-order valence-corrected chi connectivity index (χ1v) is 9.99. The summed E-state index contributed by atoms with van der Waals surface area (Å²) in [7, 11) is 0. The maximum Gasteiger partial charge on any atom is 0.119 e. The molecule has 0 aliphatic heterocycles. The number of fused-ring (bicyclic) bond motifs is 1. The number of phenolic OH excluding ortho intramolecular Hbond substituents is 1. The number of hydrogen-bond acceptors (Lipinski definition) is 1. The number of halogens is 1. The first-order chi connectivity index (χ1) is 13.7. The molecular weight excluding hydrogens is 408 g/mol. The average molecular weight is 427 g/mol. The predicted molar refractivity (Wildman–Crippen MR) is 120 cm³/mol. The van der Waals surface area contributed by atoms with Gasteiger partial charge in [-0.25, -0.2) is 0 Å². The minimum absolute atomic E-state index is 0.338. The monoisotopic (exact) mass is 426 g/mol. The van der Waals surface area contributed by atoms with Crippen molar-refractivity contribution in [2.75, 3.05) is 0 Å². The number of hydrogen-bond donors (Lipinski definition) is 1. The van der Waals surface area contributed by atoms with E-state index in [2.05, 4.69) is 64.2 Å². The van der Waals surface area contributed by atoms with E-state index < -0.39 is 0 Å². The van der Waals surface area contributed by atoms with E-state index in [0.29, 0.717) is 12.2 Å². The van der Waals surface area contributed by atoms with Crippen molar-refractivity contribution in [2.24, 2.45) is 0 Å². The van der Waals surface area contributed by atoms with E-state index in [4.69, 9.17) is 0 Å². The molecule has 1 N–H and O–H groups in total. The largest absolute Gasteiger partial charge is 0.508 e. The summed E-state index contributed by atoms with van der Waals surface area (Å²) in [5.41, 5.74) is 4.30. The first-order valence-electron chi connectivity index (χ1n) is 9.20. The van der Waals surface area contributed by atoms with Crippen LogP contribution in [-0.4, -0.2) is 5.11 Å². The zero-order valence-corrected chi connectivity index (χ0v) is 16.9. The van der Waals surface area contributed by atoms with Gasteiger partial charge in [0.25, 0.3) is 0 Å². The van der Waals surface area contributed by atoms with Gasteiger partial charge in [-0.3, -0.25) is 0 Å². The Morgan fingerprint density at radius 3 is 2.32 bits per heavy atom. The van der Waals surface area contributed by atoms with E-state index in [-0.39, 0.29) is 0 Å². The molecule has 0 aliphatic carbocycles. The van der Waals surface area contributed by atoms with Gasteiger partial charge in [-0.05, 0) is 63.9 Å². The van der Waals surface area contributed by atoms with Crippen molar-refractivity contribution in [1.29, 1.82) is 0 Å². The van der Waals surface area contributed by atoms with Crippen molar-refractivity contribution in [3.8, 4) is 17.6 Å². The van der Waals surface area contributed by atoms with Crippen LogP contribution in [0.4, 0.5) is 0 Å². The fourth-order valence-electron chi connectivity index (χ4n) is 3.22. The Hall–Kier alpha value is -3.02. The molecule has 1 nitrogen and oxygen atoms in total. The number of rotatable bonds is 3. The number of aromatic hydroxyl groups is 1. The predicted octanol–water partition coefficient (Wildman–Crippen LogP) is 6.49. The van der Waals surface area contributed by atoms with Gasteiger partial charge in [0, 0.05) is 22.9 Å². The third-order valence-electron chi connectivity index (χ3n) is 4.71. The molecule has 4 rings (SSSR count). The summed E-state index contributed by atoms with van der Waals surface area (Å²) >= 11 is 3.45. The highest BCUT2D eigenvalue weighted by molar-refractivity contribution is 9.10. The van der Waals surface area contributed by atoms with E-state index in [1.165, 1.54) is 11.1 Å². The zero-order chi connectivity index (χ0) is 19.3. The van der Waals surface area contributed by atoms with Gasteiger partial charge >= 0.3 is 0 Å². The molecule has 0 spiro atoms. The molecule has 136 valence electrons. The second-order valence-corrected chi connectivity index (χ2v) is 7.73. The molecule has 0 aromatic heterocycles. The molecule has 0 atom stereocenters. The van der Waals surface area contributed by atoms with Crippen LogP contribution in [0.2, 0.25) is 0 Å². The third kappa shape index (κ3) is 4.44. The molecule has 4 aromatic rings. The smallest absolute Gasteiger partial charge is 0.119 e. The molecule has 0 aliphatic rings. The summed E-state index contributed by atoms with van der Waals surface area (Å²) in [5.74, 6) is 6.85.